The Morgan fingerprint density at radius 3 is 2.13 bits per heavy atom. The quantitative estimate of drug-likeness (QED) is 0.323. The standard InChI is InChI=1S/C33H40N2O4/c1-33(2,3)39-32(38)35-29(21-24-14-8-5-9-15-24)30(36)22-26(20-23-12-6-4-7-13-23)31(37)34-28-19-18-25-16-10-11-17-27(25)28/h4-17,26,28-30,36H,18-22H2,1-3H3,(H,34,37)(H,35,38)/t26-,28-,29-,30-/m0/s1. The number of rotatable bonds is 10. The summed E-state index contributed by atoms with van der Waals surface area (Å²) < 4.78 is 5.49. The molecular formula is C33H40N2O4. The molecule has 39 heavy (non-hydrogen) atoms. The molecule has 4 atom stereocenters. The highest BCUT2D eigenvalue weighted by Crippen LogP contribution is 2.31. The van der Waals surface area contributed by atoms with Gasteiger partial charge in [0, 0.05) is 5.92 Å². The van der Waals surface area contributed by atoms with E-state index in [0.717, 1.165) is 24.0 Å². The first-order valence-corrected chi connectivity index (χ1v) is 13.8. The zero-order valence-electron chi connectivity index (χ0n) is 23.1. The van der Waals surface area contributed by atoms with Crippen LogP contribution < -0.4 is 10.6 Å². The van der Waals surface area contributed by atoms with Gasteiger partial charge in [-0.1, -0.05) is 84.9 Å². The van der Waals surface area contributed by atoms with Crippen LogP contribution in [0.3, 0.4) is 0 Å². The number of aliphatic hydroxyl groups excluding tert-OH is 1. The molecule has 0 heterocycles. The molecule has 0 bridgehead atoms. The highest BCUT2D eigenvalue weighted by Gasteiger charge is 2.32. The molecule has 1 aliphatic carbocycles. The van der Waals surface area contributed by atoms with Gasteiger partial charge in [-0.25, -0.2) is 4.79 Å². The van der Waals surface area contributed by atoms with E-state index >= 15 is 0 Å². The molecule has 0 aliphatic heterocycles. The Kier molecular flexibility index (Phi) is 9.41. The normalized spacial score (nSPS) is 17.0. The highest BCUT2D eigenvalue weighted by molar-refractivity contribution is 5.79. The number of alkyl carbamates (subject to hydrolysis) is 1. The largest absolute Gasteiger partial charge is 0.444 e. The second-order valence-corrected chi connectivity index (χ2v) is 11.4. The monoisotopic (exact) mass is 528 g/mol. The maximum absolute atomic E-state index is 13.7. The summed E-state index contributed by atoms with van der Waals surface area (Å²) in [6.07, 6.45) is 1.35. The molecule has 3 aromatic carbocycles. The molecule has 1 aliphatic rings. The number of ether oxygens (including phenoxy) is 1. The average molecular weight is 529 g/mol. The zero-order chi connectivity index (χ0) is 27.8. The minimum Gasteiger partial charge on any atom is -0.444 e. The van der Waals surface area contributed by atoms with Gasteiger partial charge in [-0.15, -0.1) is 0 Å². The first kappa shape index (κ1) is 28.4. The van der Waals surface area contributed by atoms with E-state index in [0.29, 0.717) is 12.8 Å². The molecule has 206 valence electrons. The van der Waals surface area contributed by atoms with Crippen LogP contribution in [0.25, 0.3) is 0 Å². The van der Waals surface area contributed by atoms with E-state index in [2.05, 4.69) is 22.8 Å². The van der Waals surface area contributed by atoms with Crippen LogP contribution >= 0.6 is 0 Å². The predicted octanol–water partition coefficient (Wildman–Crippen LogP) is 5.54. The van der Waals surface area contributed by atoms with Crippen LogP contribution in [-0.4, -0.2) is 34.9 Å². The van der Waals surface area contributed by atoms with E-state index in [-0.39, 0.29) is 18.4 Å². The minimum atomic E-state index is -0.965. The Balaban J connectivity index is 1.52. The molecule has 3 N–H and O–H groups in total. The smallest absolute Gasteiger partial charge is 0.407 e. The van der Waals surface area contributed by atoms with Crippen molar-refractivity contribution in [1.29, 1.82) is 0 Å². The minimum absolute atomic E-state index is 0.0379. The lowest BCUT2D eigenvalue weighted by atomic mass is 9.88. The molecule has 4 rings (SSSR count). The summed E-state index contributed by atoms with van der Waals surface area (Å²) in [7, 11) is 0. The molecule has 6 heteroatoms. The Morgan fingerprint density at radius 2 is 1.49 bits per heavy atom. The van der Waals surface area contributed by atoms with Gasteiger partial charge in [0.1, 0.15) is 5.60 Å². The van der Waals surface area contributed by atoms with Gasteiger partial charge >= 0.3 is 6.09 Å². The average Bonchev–Trinajstić information content (AvgIpc) is 3.30. The molecule has 0 fully saturated rings. The van der Waals surface area contributed by atoms with Crippen molar-refractivity contribution < 1.29 is 19.4 Å². The fraction of sp³-hybridized carbons (Fsp3) is 0.394. The third-order valence-electron chi connectivity index (χ3n) is 7.14. The van der Waals surface area contributed by atoms with Gasteiger partial charge in [-0.2, -0.15) is 0 Å². The Morgan fingerprint density at radius 1 is 0.897 bits per heavy atom. The van der Waals surface area contributed by atoms with Crippen molar-refractivity contribution in [3.8, 4) is 0 Å². The molecule has 0 spiro atoms. The van der Waals surface area contributed by atoms with E-state index in [9.17, 15) is 14.7 Å². The van der Waals surface area contributed by atoms with Gasteiger partial charge in [-0.3, -0.25) is 4.79 Å². The Bertz CT molecular complexity index is 1220. The summed E-state index contributed by atoms with van der Waals surface area (Å²) in [5.41, 5.74) is 3.77. The van der Waals surface area contributed by atoms with Gasteiger partial charge in [-0.05, 0) is 75.1 Å². The molecule has 0 unspecified atom stereocenters. The Hall–Kier alpha value is -3.64. The van der Waals surface area contributed by atoms with Crippen molar-refractivity contribution in [2.24, 2.45) is 5.92 Å². The molecule has 0 saturated carbocycles. The summed E-state index contributed by atoms with van der Waals surface area (Å²) >= 11 is 0. The number of hydrogen-bond acceptors (Lipinski definition) is 4. The summed E-state index contributed by atoms with van der Waals surface area (Å²) in [6, 6.07) is 27.1. The number of nitrogens with one attached hydrogen (secondary N) is 2. The highest BCUT2D eigenvalue weighted by atomic mass is 16.6. The molecule has 0 aromatic heterocycles. The van der Waals surface area contributed by atoms with Gasteiger partial charge < -0.3 is 20.5 Å². The molecule has 0 saturated heterocycles. The summed E-state index contributed by atoms with van der Waals surface area (Å²) in [5, 5.41) is 17.6. The first-order valence-electron chi connectivity index (χ1n) is 13.8. The topological polar surface area (TPSA) is 87.7 Å². The van der Waals surface area contributed by atoms with Crippen molar-refractivity contribution in [3.05, 3.63) is 107 Å². The maximum atomic E-state index is 13.7. The SMILES string of the molecule is CC(C)(C)OC(=O)N[C@@H](Cc1ccccc1)[C@@H](O)C[C@H](Cc1ccccc1)C(=O)N[C@H]1CCc2ccccc21. The van der Waals surface area contributed by atoms with Crippen molar-refractivity contribution in [1.82, 2.24) is 10.6 Å². The third kappa shape index (κ3) is 8.42. The molecule has 3 aromatic rings. The summed E-state index contributed by atoms with van der Waals surface area (Å²) in [4.78, 5) is 26.4. The fourth-order valence-electron chi connectivity index (χ4n) is 5.24. The van der Waals surface area contributed by atoms with Crippen molar-refractivity contribution >= 4 is 12.0 Å². The van der Waals surface area contributed by atoms with Crippen molar-refractivity contribution in [3.63, 3.8) is 0 Å². The van der Waals surface area contributed by atoms with E-state index in [1.54, 1.807) is 20.8 Å². The lowest BCUT2D eigenvalue weighted by Crippen LogP contribution is -2.48. The first-order chi connectivity index (χ1) is 18.7. The lowest BCUT2D eigenvalue weighted by Gasteiger charge is -2.29. The van der Waals surface area contributed by atoms with Crippen LogP contribution in [0.1, 0.15) is 61.9 Å². The zero-order valence-corrected chi connectivity index (χ0v) is 23.1. The van der Waals surface area contributed by atoms with E-state index in [4.69, 9.17) is 4.74 Å². The fourth-order valence-corrected chi connectivity index (χ4v) is 5.24. The molecular weight excluding hydrogens is 488 g/mol. The lowest BCUT2D eigenvalue weighted by molar-refractivity contribution is -0.127. The molecule has 0 radical (unpaired) electrons. The number of hydrogen-bond donors (Lipinski definition) is 3. The Labute approximate surface area is 231 Å². The number of carbonyl (C=O) groups is 2. The number of benzene rings is 3. The van der Waals surface area contributed by atoms with Crippen LogP contribution in [0.4, 0.5) is 4.79 Å². The second-order valence-electron chi connectivity index (χ2n) is 11.4. The number of aryl methyl sites for hydroxylation is 1. The number of fused-ring (bicyclic) bond motifs is 1. The van der Waals surface area contributed by atoms with Gasteiger partial charge in [0.05, 0.1) is 18.2 Å². The summed E-state index contributed by atoms with van der Waals surface area (Å²) in [5.74, 6) is -0.566. The van der Waals surface area contributed by atoms with Crippen molar-refractivity contribution in [2.75, 3.05) is 0 Å². The third-order valence-corrected chi connectivity index (χ3v) is 7.14. The number of amides is 2. The van der Waals surface area contributed by atoms with E-state index in [1.165, 1.54) is 11.1 Å². The second kappa shape index (κ2) is 12.9. The van der Waals surface area contributed by atoms with Crippen LogP contribution in [0.2, 0.25) is 0 Å². The number of aliphatic hydroxyl groups is 1. The van der Waals surface area contributed by atoms with E-state index < -0.39 is 29.8 Å². The van der Waals surface area contributed by atoms with Crippen LogP contribution in [-0.2, 0) is 28.8 Å². The predicted molar refractivity (Wildman–Crippen MR) is 153 cm³/mol. The van der Waals surface area contributed by atoms with Crippen LogP contribution in [0.5, 0.6) is 0 Å². The maximum Gasteiger partial charge on any atom is 0.407 e. The van der Waals surface area contributed by atoms with Crippen LogP contribution in [0, 0.1) is 5.92 Å². The number of carbonyl (C=O) groups excluding carboxylic acids is 2. The van der Waals surface area contributed by atoms with Gasteiger partial charge in [0.25, 0.3) is 0 Å². The summed E-state index contributed by atoms with van der Waals surface area (Å²) in [6.45, 7) is 5.41. The molecule has 2 amide bonds. The van der Waals surface area contributed by atoms with Crippen LogP contribution in [0.15, 0.2) is 84.9 Å². The van der Waals surface area contributed by atoms with Gasteiger partial charge in [0.15, 0.2) is 0 Å². The van der Waals surface area contributed by atoms with E-state index in [1.807, 2.05) is 72.8 Å². The molecule has 6 nitrogen and oxygen atoms in total. The van der Waals surface area contributed by atoms with Gasteiger partial charge in [0.2, 0.25) is 5.91 Å². The van der Waals surface area contributed by atoms with Crippen molar-refractivity contribution in [2.45, 2.75) is 76.7 Å².